The molecule has 0 aliphatic rings. The fraction of sp³-hybridized carbons (Fsp3) is 0.889. The predicted octanol–water partition coefficient (Wildman–Crippen LogP) is 2.07. The maximum Gasteiger partial charge on any atom is 0.314 e. The average Bonchev–Trinajstić information content (AvgIpc) is 1.87. The quantitative estimate of drug-likeness (QED) is 0.696. The topological polar surface area (TPSA) is 46.3 Å². The fourth-order valence-electron chi connectivity index (χ4n) is 0.838. The Labute approximate surface area is 75.9 Å². The van der Waals surface area contributed by atoms with E-state index in [1.807, 2.05) is 6.92 Å². The summed E-state index contributed by atoms with van der Waals surface area (Å²) < 4.78 is 0. The molecule has 0 aromatic rings. The zero-order valence-corrected chi connectivity index (χ0v) is 7.63. The molecule has 0 atom stereocenters. The SMILES string of the molecule is C.CCN(CCC(C)C)C(N)=O. The van der Waals surface area contributed by atoms with Crippen LogP contribution in [0.3, 0.4) is 0 Å². The number of rotatable bonds is 4. The molecule has 0 aliphatic carbocycles. The molecule has 0 bridgehead atoms. The number of primary amides is 1. The van der Waals surface area contributed by atoms with E-state index in [1.54, 1.807) is 4.90 Å². The summed E-state index contributed by atoms with van der Waals surface area (Å²) in [5, 5.41) is 0. The summed E-state index contributed by atoms with van der Waals surface area (Å²) in [6.45, 7) is 7.69. The molecule has 0 saturated heterocycles. The van der Waals surface area contributed by atoms with Gasteiger partial charge in [0, 0.05) is 13.1 Å². The van der Waals surface area contributed by atoms with Crippen LogP contribution in [0.1, 0.15) is 34.6 Å². The predicted molar refractivity (Wildman–Crippen MR) is 53.0 cm³/mol. The number of amides is 2. The minimum absolute atomic E-state index is 0. The molecule has 0 unspecified atom stereocenters. The summed E-state index contributed by atoms with van der Waals surface area (Å²) in [6.07, 6.45) is 1.02. The number of hydrogen-bond acceptors (Lipinski definition) is 1. The van der Waals surface area contributed by atoms with E-state index in [0.717, 1.165) is 13.0 Å². The molecule has 74 valence electrons. The molecule has 0 aromatic carbocycles. The maximum atomic E-state index is 10.7. The molecule has 2 N–H and O–H groups in total. The molecule has 0 radical (unpaired) electrons. The highest BCUT2D eigenvalue weighted by atomic mass is 16.2. The lowest BCUT2D eigenvalue weighted by Gasteiger charge is -2.18. The second-order valence-corrected chi connectivity index (χ2v) is 3.10. The Balaban J connectivity index is 0. The smallest absolute Gasteiger partial charge is 0.314 e. The van der Waals surface area contributed by atoms with Crippen LogP contribution in [0.4, 0.5) is 4.79 Å². The molecule has 0 aromatic heterocycles. The summed E-state index contributed by atoms with van der Waals surface area (Å²) in [5.74, 6) is 0.628. The van der Waals surface area contributed by atoms with Gasteiger partial charge in [-0.05, 0) is 19.3 Å². The van der Waals surface area contributed by atoms with Gasteiger partial charge in [0.2, 0.25) is 0 Å². The Kier molecular flexibility index (Phi) is 8.01. The molecule has 0 spiro atoms. The summed E-state index contributed by atoms with van der Waals surface area (Å²) in [4.78, 5) is 12.3. The lowest BCUT2D eigenvalue weighted by molar-refractivity contribution is 0.207. The average molecular weight is 174 g/mol. The number of urea groups is 1. The number of carbonyl (C=O) groups is 1. The molecule has 0 saturated carbocycles. The van der Waals surface area contributed by atoms with Crippen LogP contribution in [-0.4, -0.2) is 24.0 Å². The number of nitrogens with zero attached hydrogens (tertiary/aromatic N) is 1. The van der Waals surface area contributed by atoms with Crippen LogP contribution in [0.15, 0.2) is 0 Å². The first-order chi connectivity index (χ1) is 5.07. The van der Waals surface area contributed by atoms with E-state index in [-0.39, 0.29) is 13.5 Å². The summed E-state index contributed by atoms with van der Waals surface area (Å²) in [7, 11) is 0. The lowest BCUT2D eigenvalue weighted by atomic mass is 10.1. The van der Waals surface area contributed by atoms with Crippen LogP contribution in [0.2, 0.25) is 0 Å². The van der Waals surface area contributed by atoms with Gasteiger partial charge in [0.05, 0.1) is 0 Å². The first-order valence-electron chi connectivity index (χ1n) is 4.12. The van der Waals surface area contributed by atoms with Crippen molar-refractivity contribution >= 4 is 6.03 Å². The molecular weight excluding hydrogens is 152 g/mol. The number of hydrogen-bond donors (Lipinski definition) is 1. The second kappa shape index (κ2) is 6.95. The Bertz CT molecular complexity index is 124. The first kappa shape index (κ1) is 13.8. The van der Waals surface area contributed by atoms with Gasteiger partial charge in [-0.25, -0.2) is 4.79 Å². The van der Waals surface area contributed by atoms with Gasteiger partial charge in [-0.1, -0.05) is 21.3 Å². The highest BCUT2D eigenvalue weighted by Gasteiger charge is 2.06. The summed E-state index contributed by atoms with van der Waals surface area (Å²) >= 11 is 0. The minimum Gasteiger partial charge on any atom is -0.351 e. The summed E-state index contributed by atoms with van der Waals surface area (Å²) in [6, 6.07) is -0.312. The molecule has 3 heteroatoms. The Morgan fingerprint density at radius 2 is 2.00 bits per heavy atom. The molecule has 0 aliphatic heterocycles. The van der Waals surface area contributed by atoms with Crippen LogP contribution in [0, 0.1) is 5.92 Å². The Morgan fingerprint density at radius 3 is 2.25 bits per heavy atom. The van der Waals surface area contributed by atoms with Crippen molar-refractivity contribution in [3.8, 4) is 0 Å². The van der Waals surface area contributed by atoms with Gasteiger partial charge in [-0.15, -0.1) is 0 Å². The van der Waals surface area contributed by atoms with Gasteiger partial charge in [0.15, 0.2) is 0 Å². The molecule has 0 fully saturated rings. The molecule has 2 amide bonds. The van der Waals surface area contributed by atoms with E-state index >= 15 is 0 Å². The number of nitrogens with two attached hydrogens (primary N) is 1. The van der Waals surface area contributed by atoms with Crippen molar-refractivity contribution in [3.63, 3.8) is 0 Å². The minimum atomic E-state index is -0.312. The highest BCUT2D eigenvalue weighted by molar-refractivity contribution is 5.71. The van der Waals surface area contributed by atoms with E-state index < -0.39 is 0 Å². The van der Waals surface area contributed by atoms with Crippen molar-refractivity contribution in [2.75, 3.05) is 13.1 Å². The van der Waals surface area contributed by atoms with Gasteiger partial charge >= 0.3 is 6.03 Å². The standard InChI is InChI=1S/C8H18N2O.CH4/c1-4-10(8(9)11)6-5-7(2)3;/h7H,4-6H2,1-3H3,(H2,9,11);1H4. The van der Waals surface area contributed by atoms with Crippen LogP contribution in [0.5, 0.6) is 0 Å². The van der Waals surface area contributed by atoms with E-state index in [0.29, 0.717) is 12.5 Å². The normalized spacial score (nSPS) is 9.33. The van der Waals surface area contributed by atoms with Gasteiger partial charge in [-0.2, -0.15) is 0 Å². The third-order valence-electron chi connectivity index (χ3n) is 1.67. The second-order valence-electron chi connectivity index (χ2n) is 3.10. The first-order valence-corrected chi connectivity index (χ1v) is 4.12. The van der Waals surface area contributed by atoms with Crippen LogP contribution < -0.4 is 5.73 Å². The van der Waals surface area contributed by atoms with Gasteiger partial charge in [0.25, 0.3) is 0 Å². The molecular formula is C9H22N2O. The third-order valence-corrected chi connectivity index (χ3v) is 1.67. The molecule has 0 rings (SSSR count). The Hall–Kier alpha value is -0.730. The summed E-state index contributed by atoms with van der Waals surface area (Å²) in [5.41, 5.74) is 5.12. The van der Waals surface area contributed by atoms with Crippen LogP contribution >= 0.6 is 0 Å². The van der Waals surface area contributed by atoms with Crippen molar-refractivity contribution in [1.29, 1.82) is 0 Å². The molecule has 0 heterocycles. The highest BCUT2D eigenvalue weighted by Crippen LogP contribution is 2.01. The van der Waals surface area contributed by atoms with E-state index in [9.17, 15) is 4.79 Å². The molecule has 12 heavy (non-hydrogen) atoms. The third kappa shape index (κ3) is 6.01. The van der Waals surface area contributed by atoms with Gasteiger partial charge in [-0.3, -0.25) is 0 Å². The number of carbonyl (C=O) groups excluding carboxylic acids is 1. The van der Waals surface area contributed by atoms with Crippen molar-refractivity contribution in [3.05, 3.63) is 0 Å². The van der Waals surface area contributed by atoms with Crippen molar-refractivity contribution in [2.45, 2.75) is 34.6 Å². The monoisotopic (exact) mass is 174 g/mol. The van der Waals surface area contributed by atoms with E-state index in [4.69, 9.17) is 5.73 Å². The van der Waals surface area contributed by atoms with Crippen LogP contribution in [-0.2, 0) is 0 Å². The zero-order chi connectivity index (χ0) is 8.85. The van der Waals surface area contributed by atoms with E-state index in [2.05, 4.69) is 13.8 Å². The Morgan fingerprint density at radius 1 is 1.50 bits per heavy atom. The van der Waals surface area contributed by atoms with Gasteiger partial charge in [0.1, 0.15) is 0 Å². The van der Waals surface area contributed by atoms with Gasteiger partial charge < -0.3 is 10.6 Å². The van der Waals surface area contributed by atoms with Crippen molar-refractivity contribution in [2.24, 2.45) is 11.7 Å². The van der Waals surface area contributed by atoms with E-state index in [1.165, 1.54) is 0 Å². The lowest BCUT2D eigenvalue weighted by Crippen LogP contribution is -2.36. The molecule has 3 nitrogen and oxygen atoms in total. The zero-order valence-electron chi connectivity index (χ0n) is 7.63. The maximum absolute atomic E-state index is 10.7. The van der Waals surface area contributed by atoms with Crippen molar-refractivity contribution in [1.82, 2.24) is 4.90 Å². The van der Waals surface area contributed by atoms with Crippen molar-refractivity contribution < 1.29 is 4.79 Å². The largest absolute Gasteiger partial charge is 0.351 e. The fourth-order valence-corrected chi connectivity index (χ4v) is 0.838. The van der Waals surface area contributed by atoms with Crippen LogP contribution in [0.25, 0.3) is 0 Å².